The minimum atomic E-state index is -0.557. The summed E-state index contributed by atoms with van der Waals surface area (Å²) >= 11 is 3.27. The van der Waals surface area contributed by atoms with E-state index in [4.69, 9.17) is 9.47 Å². The molecule has 3 aromatic carbocycles. The lowest BCUT2D eigenvalue weighted by Gasteiger charge is -2.09. The highest BCUT2D eigenvalue weighted by Crippen LogP contribution is 2.27. The molecule has 5 nitrogen and oxygen atoms in total. The van der Waals surface area contributed by atoms with Crippen molar-refractivity contribution in [3.05, 3.63) is 82.8 Å². The first-order chi connectivity index (χ1) is 13.6. The summed E-state index contributed by atoms with van der Waals surface area (Å²) in [7, 11) is 1.30. The van der Waals surface area contributed by atoms with Crippen LogP contribution in [0.3, 0.4) is 0 Å². The second-order valence-electron chi connectivity index (χ2n) is 5.79. The molecule has 0 heterocycles. The molecule has 0 aliphatic heterocycles. The topological polar surface area (TPSA) is 61.8 Å². The van der Waals surface area contributed by atoms with Gasteiger partial charge in [-0.3, -0.25) is 0 Å². The SMILES string of the molecule is COC(=O)c1ccc(OC(=O)COc2ccc(-c3ccccc3)cc2)c(Br)c1. The monoisotopic (exact) mass is 440 g/mol. The molecule has 0 amide bonds. The smallest absolute Gasteiger partial charge is 0.349 e. The maximum absolute atomic E-state index is 12.0. The lowest BCUT2D eigenvalue weighted by Crippen LogP contribution is -2.18. The molecule has 0 atom stereocenters. The predicted octanol–water partition coefficient (Wildman–Crippen LogP) is 4.89. The lowest BCUT2D eigenvalue weighted by atomic mass is 10.1. The molecule has 0 bridgehead atoms. The van der Waals surface area contributed by atoms with Gasteiger partial charge in [0.25, 0.3) is 0 Å². The van der Waals surface area contributed by atoms with Gasteiger partial charge >= 0.3 is 11.9 Å². The third-order valence-corrected chi connectivity index (χ3v) is 4.51. The molecule has 142 valence electrons. The van der Waals surface area contributed by atoms with Gasteiger partial charge in [-0.25, -0.2) is 9.59 Å². The maximum atomic E-state index is 12.0. The Kier molecular flexibility index (Phi) is 6.45. The Hall–Kier alpha value is -3.12. The van der Waals surface area contributed by atoms with Gasteiger partial charge < -0.3 is 14.2 Å². The third kappa shape index (κ3) is 4.98. The van der Waals surface area contributed by atoms with Crippen molar-refractivity contribution in [2.24, 2.45) is 0 Å². The largest absolute Gasteiger partial charge is 0.482 e. The van der Waals surface area contributed by atoms with E-state index in [-0.39, 0.29) is 6.61 Å². The molecule has 0 spiro atoms. The van der Waals surface area contributed by atoms with E-state index in [9.17, 15) is 9.59 Å². The van der Waals surface area contributed by atoms with Gasteiger partial charge in [0.05, 0.1) is 17.1 Å². The number of rotatable bonds is 6. The van der Waals surface area contributed by atoms with Gasteiger partial charge in [-0.1, -0.05) is 42.5 Å². The molecule has 28 heavy (non-hydrogen) atoms. The molecule has 0 saturated carbocycles. The van der Waals surface area contributed by atoms with E-state index in [0.717, 1.165) is 11.1 Å². The highest BCUT2D eigenvalue weighted by atomic mass is 79.9. The van der Waals surface area contributed by atoms with Crippen LogP contribution in [0.4, 0.5) is 0 Å². The number of carbonyl (C=O) groups is 2. The first kappa shape index (κ1) is 19.6. The van der Waals surface area contributed by atoms with E-state index in [2.05, 4.69) is 20.7 Å². The molecule has 0 N–H and O–H groups in total. The molecule has 0 unspecified atom stereocenters. The number of hydrogen-bond acceptors (Lipinski definition) is 5. The number of methoxy groups -OCH3 is 1. The van der Waals surface area contributed by atoms with Crippen molar-refractivity contribution in [1.82, 2.24) is 0 Å². The fourth-order valence-electron chi connectivity index (χ4n) is 2.50. The highest BCUT2D eigenvalue weighted by Gasteiger charge is 2.13. The zero-order valence-electron chi connectivity index (χ0n) is 15.1. The molecule has 0 saturated heterocycles. The number of esters is 2. The molecule has 3 rings (SSSR count). The van der Waals surface area contributed by atoms with Crippen LogP contribution in [0.5, 0.6) is 11.5 Å². The first-order valence-corrected chi connectivity index (χ1v) is 9.23. The molecular formula is C22H17BrO5. The van der Waals surface area contributed by atoms with Crippen molar-refractivity contribution in [3.63, 3.8) is 0 Å². The number of ether oxygens (including phenoxy) is 3. The molecule has 0 radical (unpaired) electrons. The highest BCUT2D eigenvalue weighted by molar-refractivity contribution is 9.10. The van der Waals surface area contributed by atoms with Crippen molar-refractivity contribution in [1.29, 1.82) is 0 Å². The van der Waals surface area contributed by atoms with Gasteiger partial charge in [-0.15, -0.1) is 0 Å². The van der Waals surface area contributed by atoms with E-state index >= 15 is 0 Å². The Labute approximate surface area is 171 Å². The van der Waals surface area contributed by atoms with Crippen LogP contribution in [-0.4, -0.2) is 25.7 Å². The van der Waals surface area contributed by atoms with Gasteiger partial charge in [-0.05, 0) is 57.4 Å². The van der Waals surface area contributed by atoms with Crippen LogP contribution in [0.15, 0.2) is 77.3 Å². The van der Waals surface area contributed by atoms with Gasteiger partial charge in [0.1, 0.15) is 11.5 Å². The second-order valence-corrected chi connectivity index (χ2v) is 6.64. The van der Waals surface area contributed by atoms with Crippen molar-refractivity contribution in [2.45, 2.75) is 0 Å². The van der Waals surface area contributed by atoms with Gasteiger partial charge in [-0.2, -0.15) is 0 Å². The predicted molar refractivity (Wildman–Crippen MR) is 108 cm³/mol. The van der Waals surface area contributed by atoms with E-state index in [1.807, 2.05) is 42.5 Å². The normalized spacial score (nSPS) is 10.2. The van der Waals surface area contributed by atoms with Crippen molar-refractivity contribution in [3.8, 4) is 22.6 Å². The van der Waals surface area contributed by atoms with Crippen LogP contribution in [0.2, 0.25) is 0 Å². The van der Waals surface area contributed by atoms with Crippen LogP contribution >= 0.6 is 15.9 Å². The summed E-state index contributed by atoms with van der Waals surface area (Å²) < 4.78 is 15.9. The summed E-state index contributed by atoms with van der Waals surface area (Å²) in [5.41, 5.74) is 2.52. The zero-order chi connectivity index (χ0) is 19.9. The minimum absolute atomic E-state index is 0.240. The Morgan fingerprint density at radius 1 is 0.893 bits per heavy atom. The fraction of sp³-hybridized carbons (Fsp3) is 0.0909. The van der Waals surface area contributed by atoms with Crippen LogP contribution in [0, 0.1) is 0 Å². The number of benzene rings is 3. The van der Waals surface area contributed by atoms with Crippen LogP contribution in [0.1, 0.15) is 10.4 Å². The quantitative estimate of drug-likeness (QED) is 0.403. The molecule has 0 aliphatic rings. The molecular weight excluding hydrogens is 424 g/mol. The Bertz CT molecular complexity index is 968. The summed E-state index contributed by atoms with van der Waals surface area (Å²) in [6.45, 7) is -0.240. The Balaban J connectivity index is 1.56. The third-order valence-electron chi connectivity index (χ3n) is 3.89. The van der Waals surface area contributed by atoms with Gasteiger partial charge in [0, 0.05) is 0 Å². The number of halogens is 1. The van der Waals surface area contributed by atoms with Crippen LogP contribution in [0.25, 0.3) is 11.1 Å². The van der Waals surface area contributed by atoms with E-state index in [1.165, 1.54) is 25.3 Å². The van der Waals surface area contributed by atoms with Crippen molar-refractivity contribution >= 4 is 27.9 Å². The molecule has 0 aliphatic carbocycles. The summed E-state index contributed by atoms with van der Waals surface area (Å²) in [6.07, 6.45) is 0. The minimum Gasteiger partial charge on any atom is -0.482 e. The summed E-state index contributed by atoms with van der Waals surface area (Å²) in [5, 5.41) is 0. The zero-order valence-corrected chi connectivity index (χ0v) is 16.6. The summed E-state index contributed by atoms with van der Waals surface area (Å²) in [6, 6.07) is 22.0. The Morgan fingerprint density at radius 2 is 1.57 bits per heavy atom. The van der Waals surface area contributed by atoms with Gasteiger partial charge in [0.15, 0.2) is 6.61 Å². The van der Waals surface area contributed by atoms with E-state index < -0.39 is 11.9 Å². The average molecular weight is 441 g/mol. The second kappa shape index (κ2) is 9.19. The number of carbonyl (C=O) groups excluding carboxylic acids is 2. The summed E-state index contributed by atoms with van der Waals surface area (Å²) in [5.74, 6) is -0.170. The van der Waals surface area contributed by atoms with E-state index in [1.54, 1.807) is 12.1 Å². The van der Waals surface area contributed by atoms with Gasteiger partial charge in [0.2, 0.25) is 0 Å². The van der Waals surface area contributed by atoms with E-state index in [0.29, 0.717) is 21.5 Å². The van der Waals surface area contributed by atoms with Crippen LogP contribution in [-0.2, 0) is 9.53 Å². The molecule has 6 heteroatoms. The first-order valence-electron chi connectivity index (χ1n) is 8.43. The van der Waals surface area contributed by atoms with Crippen LogP contribution < -0.4 is 9.47 Å². The van der Waals surface area contributed by atoms with Crippen molar-refractivity contribution in [2.75, 3.05) is 13.7 Å². The summed E-state index contributed by atoms with van der Waals surface area (Å²) in [4.78, 5) is 23.5. The Morgan fingerprint density at radius 3 is 2.21 bits per heavy atom. The number of hydrogen-bond donors (Lipinski definition) is 0. The molecule has 3 aromatic rings. The van der Waals surface area contributed by atoms with Crippen molar-refractivity contribution < 1.29 is 23.8 Å². The molecule has 0 aromatic heterocycles. The maximum Gasteiger partial charge on any atom is 0.349 e. The lowest BCUT2D eigenvalue weighted by molar-refractivity contribution is -0.136. The standard InChI is InChI=1S/C22H17BrO5/c1-26-22(25)17-9-12-20(19(23)13-17)28-21(24)14-27-18-10-7-16(8-11-18)15-5-3-2-4-6-15/h2-13H,14H2,1H3. The molecule has 0 fully saturated rings. The fourth-order valence-corrected chi connectivity index (χ4v) is 2.96. The average Bonchev–Trinajstić information content (AvgIpc) is 2.74.